The van der Waals surface area contributed by atoms with Crippen LogP contribution in [0.2, 0.25) is 29.6 Å². The molecule has 4 heteroatoms. The van der Waals surface area contributed by atoms with E-state index in [1.165, 1.54) is 0 Å². The van der Waals surface area contributed by atoms with Gasteiger partial charge in [-0.3, -0.25) is 0 Å². The first-order chi connectivity index (χ1) is 3.46. The van der Waals surface area contributed by atoms with Gasteiger partial charge in [0.25, 0.3) is 0 Å². The summed E-state index contributed by atoms with van der Waals surface area (Å²) in [4.78, 5) is 14.2. The van der Waals surface area contributed by atoms with Crippen molar-refractivity contribution in [2.75, 3.05) is 0 Å². The van der Waals surface area contributed by atoms with E-state index >= 15 is 0 Å². The Bertz CT molecular complexity index is 31.2. The Morgan fingerprint density at radius 2 is 0.600 bits per heavy atom. The molecule has 0 aromatic heterocycles. The van der Waals surface area contributed by atoms with Gasteiger partial charge >= 0.3 is 88.0 Å². The summed E-state index contributed by atoms with van der Waals surface area (Å²) in [6, 6.07) is 0. The second-order valence-electron chi connectivity index (χ2n) is 3.00. The SMILES string of the molecule is [CH3][Sn]([CH3])[CH3].[CH3][Sn]([CH3])[CH3].[Cu].[Li+]. The summed E-state index contributed by atoms with van der Waals surface area (Å²) in [5.41, 5.74) is 0. The van der Waals surface area contributed by atoms with Gasteiger partial charge in [-0.1, -0.05) is 0 Å². The monoisotopic (exact) mass is 400 g/mol. The summed E-state index contributed by atoms with van der Waals surface area (Å²) in [5, 5.41) is 0. The molecule has 0 bridgehead atoms. The topological polar surface area (TPSA) is 0 Å². The fourth-order valence-electron chi connectivity index (χ4n) is 0. The summed E-state index contributed by atoms with van der Waals surface area (Å²) in [6.07, 6.45) is 0. The molecule has 0 N–H and O–H groups in total. The molecule has 0 aliphatic carbocycles. The van der Waals surface area contributed by atoms with Gasteiger partial charge in [0, 0.05) is 17.1 Å². The number of hydrogen-bond donors (Lipinski definition) is 0. The molecule has 0 atom stereocenters. The molecule has 0 aliphatic heterocycles. The van der Waals surface area contributed by atoms with Crippen molar-refractivity contribution in [3.63, 3.8) is 0 Å². The molecule has 0 spiro atoms. The van der Waals surface area contributed by atoms with E-state index in [0.717, 1.165) is 0 Å². The first-order valence-corrected chi connectivity index (χ1v) is 20.1. The van der Waals surface area contributed by atoms with Crippen LogP contribution < -0.4 is 18.9 Å². The Kier molecular flexibility index (Phi) is 40.7. The van der Waals surface area contributed by atoms with Crippen molar-refractivity contribution in [2.24, 2.45) is 0 Å². The fourth-order valence-corrected chi connectivity index (χ4v) is 0. The van der Waals surface area contributed by atoms with Crippen LogP contribution in [0, 0.1) is 0 Å². The van der Waals surface area contributed by atoms with E-state index in [2.05, 4.69) is 29.6 Å². The average Bonchev–Trinajstić information content (AvgIpc) is 1.25. The summed E-state index contributed by atoms with van der Waals surface area (Å²) >= 11 is -1.09. The smallest absolute Gasteiger partial charge is 0 e. The van der Waals surface area contributed by atoms with Crippen molar-refractivity contribution in [3.8, 4) is 0 Å². The molecule has 0 aromatic carbocycles. The molecule has 0 fully saturated rings. The molecule has 3 radical (unpaired) electrons. The van der Waals surface area contributed by atoms with Gasteiger partial charge in [0.15, 0.2) is 0 Å². The van der Waals surface area contributed by atoms with Crippen molar-refractivity contribution in [1.82, 2.24) is 0 Å². The maximum Gasteiger partial charge on any atom is 1.00 e. The van der Waals surface area contributed by atoms with Crippen LogP contribution >= 0.6 is 0 Å². The minimum Gasteiger partial charge on any atom is 0 e. The summed E-state index contributed by atoms with van der Waals surface area (Å²) in [7, 11) is 0. The van der Waals surface area contributed by atoms with E-state index in [1.54, 1.807) is 0 Å². The third kappa shape index (κ3) is 137. The molecule has 0 aromatic rings. The van der Waals surface area contributed by atoms with Crippen LogP contribution in [0.25, 0.3) is 0 Å². The zero-order valence-electron chi connectivity index (χ0n) is 8.30. The van der Waals surface area contributed by atoms with Gasteiger partial charge in [-0.25, -0.2) is 0 Å². The summed E-state index contributed by atoms with van der Waals surface area (Å²) in [5.74, 6) is 0. The standard InChI is InChI=1S/6CH3.Cu.Li.2Sn/h6*1H3;;;;/q;;;;;;;+1;;. The fraction of sp³-hybridized carbons (Fsp3) is 1.00. The van der Waals surface area contributed by atoms with Crippen LogP contribution in [0.4, 0.5) is 0 Å². The second kappa shape index (κ2) is 17.7. The van der Waals surface area contributed by atoms with Crippen molar-refractivity contribution in [3.05, 3.63) is 0 Å². The minimum absolute atomic E-state index is 0. The third-order valence-electron chi connectivity index (χ3n) is 0. The molecule has 0 unspecified atom stereocenters. The van der Waals surface area contributed by atoms with Gasteiger partial charge in [-0.15, -0.1) is 0 Å². The van der Waals surface area contributed by atoms with Crippen molar-refractivity contribution in [2.45, 2.75) is 29.6 Å². The van der Waals surface area contributed by atoms with Crippen molar-refractivity contribution >= 4 is 39.5 Å². The van der Waals surface area contributed by atoms with Gasteiger partial charge < -0.3 is 0 Å². The van der Waals surface area contributed by atoms with Crippen molar-refractivity contribution in [1.29, 1.82) is 0 Å². The van der Waals surface area contributed by atoms with E-state index < -0.39 is 39.5 Å². The largest absolute Gasteiger partial charge is 1.00 e. The van der Waals surface area contributed by atoms with Crippen LogP contribution in [0.15, 0.2) is 0 Å². The van der Waals surface area contributed by atoms with Gasteiger partial charge in [0.1, 0.15) is 0 Å². The molecular formula is C6H18CuLiSn2+. The third-order valence-corrected chi connectivity index (χ3v) is 0. The zero-order chi connectivity index (χ0) is 7.15. The Labute approximate surface area is 103 Å². The van der Waals surface area contributed by atoms with Crippen LogP contribution in [-0.2, 0) is 17.1 Å². The molecule has 0 rings (SSSR count). The summed E-state index contributed by atoms with van der Waals surface area (Å²) < 4.78 is 0. The maximum absolute atomic E-state index is 2.36. The Hall–Kier alpha value is 2.71. The van der Waals surface area contributed by atoms with Crippen LogP contribution in [0.3, 0.4) is 0 Å². The number of hydrogen-bond acceptors (Lipinski definition) is 0. The van der Waals surface area contributed by atoms with Crippen molar-refractivity contribution < 1.29 is 35.9 Å². The second-order valence-corrected chi connectivity index (χ2v) is 20.1. The number of rotatable bonds is 0. The Balaban J connectivity index is -0.0000000300. The molecule has 10 heavy (non-hydrogen) atoms. The van der Waals surface area contributed by atoms with Crippen LogP contribution in [-0.4, -0.2) is 39.5 Å². The molecule has 0 nitrogen and oxygen atoms in total. The van der Waals surface area contributed by atoms with E-state index in [9.17, 15) is 0 Å². The predicted octanol–water partition coefficient (Wildman–Crippen LogP) is -0.257. The van der Waals surface area contributed by atoms with Crippen LogP contribution in [0.5, 0.6) is 0 Å². The van der Waals surface area contributed by atoms with E-state index in [-0.39, 0.29) is 35.9 Å². The Morgan fingerprint density at radius 1 is 0.600 bits per heavy atom. The molecule has 0 aliphatic rings. The first kappa shape index (κ1) is 23.0. The molecular weight excluding hydrogens is 380 g/mol. The van der Waals surface area contributed by atoms with E-state index in [0.29, 0.717) is 0 Å². The average molecular weight is 398 g/mol. The molecule has 0 saturated heterocycles. The molecule has 0 amide bonds. The summed E-state index contributed by atoms with van der Waals surface area (Å²) in [6.45, 7) is 0. The van der Waals surface area contributed by atoms with Gasteiger partial charge in [0.05, 0.1) is 0 Å². The molecule has 0 heterocycles. The van der Waals surface area contributed by atoms with E-state index in [1.807, 2.05) is 0 Å². The van der Waals surface area contributed by atoms with E-state index in [4.69, 9.17) is 0 Å². The van der Waals surface area contributed by atoms with Gasteiger partial charge in [0.2, 0.25) is 0 Å². The minimum atomic E-state index is -0.543. The van der Waals surface area contributed by atoms with Gasteiger partial charge in [-0.05, 0) is 0 Å². The maximum atomic E-state index is 2.36. The normalized spacial score (nSPS) is 7.20. The predicted molar refractivity (Wildman–Crippen MR) is 46.7 cm³/mol. The first-order valence-electron chi connectivity index (χ1n) is 3.00. The Morgan fingerprint density at radius 3 is 0.600 bits per heavy atom. The van der Waals surface area contributed by atoms with Gasteiger partial charge in [-0.2, -0.15) is 0 Å². The molecule has 61 valence electrons. The molecule has 0 saturated carbocycles. The quantitative estimate of drug-likeness (QED) is 0.494. The zero-order valence-corrected chi connectivity index (χ0v) is 15.0. The van der Waals surface area contributed by atoms with Crippen LogP contribution in [0.1, 0.15) is 0 Å².